The first-order valence-electron chi connectivity index (χ1n) is 14.3. The fraction of sp³-hybridized carbons (Fsp3) is 0.438. The lowest BCUT2D eigenvalue weighted by Crippen LogP contribution is -2.47. The number of halogens is 1. The standard InChI is InChI=1S/C32H33ClO12/c1-35-13-25-26(16-5-7-17(33)8-6-16)44-22-10-20(36-2)18(9-21(22)43-25)27-19-12-39-31(32(19,34)14-40-27)45-29-23(37-3)11-24-28(30(29)38-4)42-15-41-24/h5-11,19,25-27,31,34H,12-15H2,1-4H3/t19-,25+,26+,27-,31-,32-/m0/s1. The third kappa shape index (κ3) is 5.01. The fourth-order valence-electron chi connectivity index (χ4n) is 6.29. The van der Waals surface area contributed by atoms with Crippen LogP contribution in [0.5, 0.6) is 46.0 Å². The number of ether oxygens (including phenoxy) is 11. The van der Waals surface area contributed by atoms with E-state index in [1.165, 1.54) is 14.2 Å². The molecule has 3 aromatic rings. The summed E-state index contributed by atoms with van der Waals surface area (Å²) in [4.78, 5) is 0. The van der Waals surface area contributed by atoms with Crippen LogP contribution in [0.25, 0.3) is 0 Å². The van der Waals surface area contributed by atoms with E-state index >= 15 is 0 Å². The Morgan fingerprint density at radius 2 is 1.60 bits per heavy atom. The summed E-state index contributed by atoms with van der Waals surface area (Å²) in [6, 6.07) is 12.6. The summed E-state index contributed by atoms with van der Waals surface area (Å²) in [5.41, 5.74) is 0.0433. The van der Waals surface area contributed by atoms with E-state index in [1.54, 1.807) is 38.5 Å². The average Bonchev–Trinajstić information content (AvgIpc) is 3.74. The molecule has 13 heteroatoms. The third-order valence-electron chi connectivity index (χ3n) is 8.53. The van der Waals surface area contributed by atoms with Gasteiger partial charge < -0.3 is 57.2 Å². The van der Waals surface area contributed by atoms with Crippen LogP contribution in [0.15, 0.2) is 42.5 Å². The van der Waals surface area contributed by atoms with Crippen LogP contribution in [0.1, 0.15) is 23.3 Å². The second-order valence-corrected chi connectivity index (χ2v) is 11.5. The van der Waals surface area contributed by atoms with E-state index in [1.807, 2.05) is 18.2 Å². The van der Waals surface area contributed by atoms with Crippen molar-refractivity contribution in [3.8, 4) is 46.0 Å². The first-order chi connectivity index (χ1) is 21.9. The molecule has 4 aliphatic rings. The van der Waals surface area contributed by atoms with Crippen molar-refractivity contribution in [1.82, 2.24) is 0 Å². The van der Waals surface area contributed by atoms with Gasteiger partial charge in [-0.15, -0.1) is 0 Å². The van der Waals surface area contributed by atoms with E-state index in [9.17, 15) is 5.11 Å². The van der Waals surface area contributed by atoms with Gasteiger partial charge in [-0.3, -0.25) is 0 Å². The van der Waals surface area contributed by atoms with Gasteiger partial charge in [-0.25, -0.2) is 0 Å². The lowest BCUT2D eigenvalue weighted by atomic mass is 9.85. The van der Waals surface area contributed by atoms with E-state index in [-0.39, 0.29) is 38.1 Å². The second-order valence-electron chi connectivity index (χ2n) is 11.0. The van der Waals surface area contributed by atoms with Gasteiger partial charge in [0, 0.05) is 29.8 Å². The van der Waals surface area contributed by atoms with Crippen molar-refractivity contribution in [1.29, 1.82) is 0 Å². The number of fused-ring (bicyclic) bond motifs is 3. The van der Waals surface area contributed by atoms with Gasteiger partial charge in [0.15, 0.2) is 40.8 Å². The van der Waals surface area contributed by atoms with Crippen molar-refractivity contribution in [3.63, 3.8) is 0 Å². The van der Waals surface area contributed by atoms with Crippen molar-refractivity contribution < 1.29 is 57.2 Å². The Hall–Kier alpha value is -3.81. The molecule has 0 bridgehead atoms. The zero-order valence-electron chi connectivity index (χ0n) is 25.1. The lowest BCUT2D eigenvalue weighted by molar-refractivity contribution is -0.153. The van der Waals surface area contributed by atoms with Crippen molar-refractivity contribution >= 4 is 11.6 Å². The molecule has 4 heterocycles. The quantitative estimate of drug-likeness (QED) is 0.354. The summed E-state index contributed by atoms with van der Waals surface area (Å²) in [5.74, 6) is 2.64. The SMILES string of the molecule is COC[C@H]1Oc2cc([C@@H]3OC[C@@]4(O)[C@H](Oc5c(OC)cc6c(c5OC)OCO6)OC[C@@H]34)c(OC)cc2O[C@@H]1c1ccc(Cl)cc1. The highest BCUT2D eigenvalue weighted by Crippen LogP contribution is 2.56. The van der Waals surface area contributed by atoms with Gasteiger partial charge in [-0.05, 0) is 23.8 Å². The lowest BCUT2D eigenvalue weighted by Gasteiger charge is -2.35. The Kier molecular flexibility index (Phi) is 7.86. The molecular weight excluding hydrogens is 612 g/mol. The van der Waals surface area contributed by atoms with E-state index in [0.717, 1.165) is 5.56 Å². The molecule has 12 nitrogen and oxygen atoms in total. The summed E-state index contributed by atoms with van der Waals surface area (Å²) >= 11 is 6.11. The van der Waals surface area contributed by atoms with Gasteiger partial charge in [-0.1, -0.05) is 23.7 Å². The van der Waals surface area contributed by atoms with Gasteiger partial charge >= 0.3 is 0 Å². The number of rotatable bonds is 9. The molecule has 7 rings (SSSR count). The number of methoxy groups -OCH3 is 4. The van der Waals surface area contributed by atoms with Crippen LogP contribution < -0.4 is 37.9 Å². The predicted molar refractivity (Wildman–Crippen MR) is 157 cm³/mol. The van der Waals surface area contributed by atoms with Gasteiger partial charge in [0.1, 0.15) is 5.75 Å². The van der Waals surface area contributed by atoms with Crippen LogP contribution in [-0.4, -0.2) is 78.2 Å². The number of hydrogen-bond acceptors (Lipinski definition) is 12. The smallest absolute Gasteiger partial charge is 0.232 e. The van der Waals surface area contributed by atoms with E-state index in [0.29, 0.717) is 45.1 Å². The maximum atomic E-state index is 12.0. The molecule has 45 heavy (non-hydrogen) atoms. The topological polar surface area (TPSA) is 122 Å². The number of hydrogen-bond donors (Lipinski definition) is 1. The van der Waals surface area contributed by atoms with Crippen LogP contribution in [0.2, 0.25) is 5.02 Å². The Bertz CT molecular complexity index is 1560. The Labute approximate surface area is 264 Å². The maximum Gasteiger partial charge on any atom is 0.232 e. The summed E-state index contributed by atoms with van der Waals surface area (Å²) < 4.78 is 64.9. The average molecular weight is 645 g/mol. The predicted octanol–water partition coefficient (Wildman–Crippen LogP) is 4.48. The first kappa shape index (κ1) is 29.9. The molecule has 0 radical (unpaired) electrons. The Balaban J connectivity index is 1.17. The highest BCUT2D eigenvalue weighted by Gasteiger charge is 2.61. The van der Waals surface area contributed by atoms with E-state index in [4.69, 9.17) is 63.7 Å². The molecular formula is C32H33ClO12. The summed E-state index contributed by atoms with van der Waals surface area (Å²) in [6.45, 7) is 0.398. The molecule has 0 amide bonds. The molecule has 6 atom stereocenters. The molecule has 3 aromatic carbocycles. The van der Waals surface area contributed by atoms with Crippen LogP contribution in [0, 0.1) is 5.92 Å². The van der Waals surface area contributed by atoms with E-state index < -0.39 is 36.1 Å². The van der Waals surface area contributed by atoms with E-state index in [2.05, 4.69) is 0 Å². The fourth-order valence-corrected chi connectivity index (χ4v) is 6.41. The molecule has 2 saturated heterocycles. The third-order valence-corrected chi connectivity index (χ3v) is 8.78. The zero-order valence-corrected chi connectivity index (χ0v) is 25.8. The molecule has 2 fully saturated rings. The first-order valence-corrected chi connectivity index (χ1v) is 14.7. The van der Waals surface area contributed by atoms with Gasteiger partial charge in [-0.2, -0.15) is 0 Å². The normalized spacial score (nSPS) is 27.6. The minimum Gasteiger partial charge on any atom is -0.496 e. The van der Waals surface area contributed by atoms with Crippen molar-refractivity contribution in [3.05, 3.63) is 58.6 Å². The van der Waals surface area contributed by atoms with Crippen LogP contribution in [0.3, 0.4) is 0 Å². The highest BCUT2D eigenvalue weighted by molar-refractivity contribution is 6.30. The van der Waals surface area contributed by atoms with Crippen LogP contribution in [-0.2, 0) is 14.2 Å². The van der Waals surface area contributed by atoms with Crippen molar-refractivity contribution in [2.75, 3.05) is 55.1 Å². The molecule has 4 aliphatic heterocycles. The Morgan fingerprint density at radius 1 is 0.844 bits per heavy atom. The maximum absolute atomic E-state index is 12.0. The molecule has 0 spiro atoms. The summed E-state index contributed by atoms with van der Waals surface area (Å²) in [7, 11) is 6.15. The monoisotopic (exact) mass is 644 g/mol. The minimum atomic E-state index is -1.52. The Morgan fingerprint density at radius 3 is 2.33 bits per heavy atom. The molecule has 0 aliphatic carbocycles. The highest BCUT2D eigenvalue weighted by atomic mass is 35.5. The molecule has 1 N–H and O–H groups in total. The summed E-state index contributed by atoms with van der Waals surface area (Å²) in [6.07, 6.45) is -2.59. The number of aliphatic hydroxyl groups is 1. The molecule has 240 valence electrons. The number of benzene rings is 3. The van der Waals surface area contributed by atoms with Crippen LogP contribution in [0.4, 0.5) is 0 Å². The zero-order chi connectivity index (χ0) is 31.3. The van der Waals surface area contributed by atoms with Crippen molar-refractivity contribution in [2.45, 2.75) is 30.2 Å². The van der Waals surface area contributed by atoms with Gasteiger partial charge in [0.25, 0.3) is 0 Å². The minimum absolute atomic E-state index is 0.0329. The van der Waals surface area contributed by atoms with Crippen molar-refractivity contribution in [2.24, 2.45) is 5.92 Å². The van der Waals surface area contributed by atoms with Gasteiger partial charge in [0.2, 0.25) is 30.3 Å². The summed E-state index contributed by atoms with van der Waals surface area (Å²) in [5, 5.41) is 12.6. The second kappa shape index (κ2) is 11.8. The largest absolute Gasteiger partial charge is 0.496 e. The molecule has 0 aromatic heterocycles. The molecule has 0 saturated carbocycles. The van der Waals surface area contributed by atoms with Crippen LogP contribution >= 0.6 is 11.6 Å². The van der Waals surface area contributed by atoms with Gasteiger partial charge in [0.05, 0.1) is 53.2 Å². The molecule has 0 unspecified atom stereocenters.